The Morgan fingerprint density at radius 2 is 2.24 bits per heavy atom. The zero-order chi connectivity index (χ0) is 12.4. The van der Waals surface area contributed by atoms with Gasteiger partial charge in [0.25, 0.3) is 0 Å². The maximum absolute atomic E-state index is 5.59. The number of halogens is 1. The highest BCUT2D eigenvalue weighted by molar-refractivity contribution is 9.10. The highest BCUT2D eigenvalue weighted by Gasteiger charge is 2.19. The molecular formula is C14H20BrNO. The molecule has 1 aromatic rings. The maximum Gasteiger partial charge on any atom is 0.126 e. The third kappa shape index (κ3) is 2.66. The van der Waals surface area contributed by atoms with Gasteiger partial charge in [-0.25, -0.2) is 0 Å². The van der Waals surface area contributed by atoms with Crippen LogP contribution >= 0.6 is 15.9 Å². The Balaban J connectivity index is 2.33. The van der Waals surface area contributed by atoms with Crippen molar-refractivity contribution in [1.29, 1.82) is 0 Å². The van der Waals surface area contributed by atoms with Crippen LogP contribution in [0.15, 0.2) is 10.5 Å². The van der Waals surface area contributed by atoms with Crippen LogP contribution < -0.4 is 10.1 Å². The van der Waals surface area contributed by atoms with Crippen molar-refractivity contribution in [2.45, 2.75) is 39.2 Å². The normalized spacial score (nSPS) is 19.6. The molecule has 0 aliphatic carbocycles. The molecule has 1 N–H and O–H groups in total. The number of nitrogens with one attached hydrogen (secondary N) is 1. The van der Waals surface area contributed by atoms with Gasteiger partial charge in [-0.15, -0.1) is 0 Å². The van der Waals surface area contributed by atoms with Gasteiger partial charge in [0.15, 0.2) is 0 Å². The van der Waals surface area contributed by atoms with Gasteiger partial charge in [-0.3, -0.25) is 0 Å². The van der Waals surface area contributed by atoms with Gasteiger partial charge in [-0.1, -0.05) is 15.9 Å². The number of hydrogen-bond acceptors (Lipinski definition) is 2. The van der Waals surface area contributed by atoms with E-state index in [-0.39, 0.29) is 0 Å². The summed E-state index contributed by atoms with van der Waals surface area (Å²) in [4.78, 5) is 0. The summed E-state index contributed by atoms with van der Waals surface area (Å²) in [6, 6.07) is 2.81. The van der Waals surface area contributed by atoms with Crippen LogP contribution in [-0.4, -0.2) is 19.7 Å². The Labute approximate surface area is 112 Å². The second-order valence-corrected chi connectivity index (χ2v) is 5.66. The van der Waals surface area contributed by atoms with Gasteiger partial charge in [-0.2, -0.15) is 0 Å². The molecule has 2 rings (SSSR count). The first-order valence-corrected chi connectivity index (χ1v) is 6.98. The van der Waals surface area contributed by atoms with E-state index >= 15 is 0 Å². The molecular weight excluding hydrogens is 278 g/mol. The zero-order valence-corrected chi connectivity index (χ0v) is 12.4. The average Bonchev–Trinajstić information content (AvgIpc) is 2.79. The summed E-state index contributed by atoms with van der Waals surface area (Å²) in [5.74, 6) is 1.05. The first kappa shape index (κ1) is 12.9. The van der Waals surface area contributed by atoms with E-state index in [1.54, 1.807) is 7.11 Å². The van der Waals surface area contributed by atoms with Crippen LogP contribution in [0.2, 0.25) is 0 Å². The molecule has 1 atom stereocenters. The number of hydrogen-bond donors (Lipinski definition) is 1. The number of rotatable bonds is 3. The van der Waals surface area contributed by atoms with Crippen molar-refractivity contribution in [2.24, 2.45) is 0 Å². The number of aryl methyl sites for hydroxylation is 1. The van der Waals surface area contributed by atoms with Crippen molar-refractivity contribution < 1.29 is 4.74 Å². The predicted molar refractivity (Wildman–Crippen MR) is 74.9 cm³/mol. The van der Waals surface area contributed by atoms with Crippen LogP contribution in [0.3, 0.4) is 0 Å². The van der Waals surface area contributed by atoms with Crippen molar-refractivity contribution in [3.8, 4) is 5.75 Å². The van der Waals surface area contributed by atoms with Crippen LogP contribution in [0.5, 0.6) is 5.75 Å². The zero-order valence-electron chi connectivity index (χ0n) is 10.8. The van der Waals surface area contributed by atoms with Crippen LogP contribution in [0.1, 0.15) is 29.5 Å². The fourth-order valence-electron chi connectivity index (χ4n) is 2.61. The Morgan fingerprint density at radius 1 is 1.47 bits per heavy atom. The first-order chi connectivity index (χ1) is 8.13. The molecule has 0 aromatic heterocycles. The van der Waals surface area contributed by atoms with Gasteiger partial charge in [0, 0.05) is 16.1 Å². The lowest BCUT2D eigenvalue weighted by Gasteiger charge is -2.18. The topological polar surface area (TPSA) is 21.3 Å². The molecule has 0 radical (unpaired) electrons. The van der Waals surface area contributed by atoms with Crippen molar-refractivity contribution in [1.82, 2.24) is 5.32 Å². The summed E-state index contributed by atoms with van der Waals surface area (Å²) >= 11 is 3.59. The highest BCUT2D eigenvalue weighted by atomic mass is 79.9. The van der Waals surface area contributed by atoms with Gasteiger partial charge >= 0.3 is 0 Å². The molecule has 1 aliphatic heterocycles. The molecule has 1 heterocycles. The minimum Gasteiger partial charge on any atom is -0.496 e. The third-order valence-corrected chi connectivity index (χ3v) is 4.43. The van der Waals surface area contributed by atoms with Gasteiger partial charge in [-0.05, 0) is 56.8 Å². The molecule has 1 fully saturated rings. The molecule has 94 valence electrons. The smallest absolute Gasteiger partial charge is 0.126 e. The monoisotopic (exact) mass is 297 g/mol. The molecule has 1 aromatic carbocycles. The summed E-state index contributed by atoms with van der Waals surface area (Å²) in [6.45, 7) is 5.42. The van der Waals surface area contributed by atoms with Crippen molar-refractivity contribution in [2.75, 3.05) is 13.7 Å². The van der Waals surface area contributed by atoms with Crippen molar-refractivity contribution >= 4 is 15.9 Å². The molecule has 0 amide bonds. The number of benzene rings is 1. The lowest BCUT2D eigenvalue weighted by atomic mass is 9.97. The largest absolute Gasteiger partial charge is 0.496 e. The second-order valence-electron chi connectivity index (χ2n) is 4.81. The molecule has 1 unspecified atom stereocenters. The minimum atomic E-state index is 0.614. The van der Waals surface area contributed by atoms with Gasteiger partial charge in [0.2, 0.25) is 0 Å². The third-order valence-electron chi connectivity index (χ3n) is 3.61. The molecule has 17 heavy (non-hydrogen) atoms. The predicted octanol–water partition coefficient (Wildman–Crippen LogP) is 3.37. The van der Waals surface area contributed by atoms with Gasteiger partial charge in [0.05, 0.1) is 7.11 Å². The van der Waals surface area contributed by atoms with E-state index in [1.807, 2.05) is 0 Å². The van der Waals surface area contributed by atoms with E-state index in [1.165, 1.54) is 29.5 Å². The van der Waals surface area contributed by atoms with Crippen LogP contribution in [0, 0.1) is 13.8 Å². The Morgan fingerprint density at radius 3 is 2.82 bits per heavy atom. The van der Waals surface area contributed by atoms with Crippen LogP contribution in [0.25, 0.3) is 0 Å². The molecule has 1 aliphatic rings. The standard InChI is InChI=1S/C14H20BrNO/c1-9-7-13(15)10(2)14(17-3)12(9)8-11-5-4-6-16-11/h7,11,16H,4-6,8H2,1-3H3. The van der Waals surface area contributed by atoms with E-state index in [4.69, 9.17) is 4.74 Å². The second kappa shape index (κ2) is 5.40. The summed E-state index contributed by atoms with van der Waals surface area (Å²) < 4.78 is 6.72. The first-order valence-electron chi connectivity index (χ1n) is 6.19. The van der Waals surface area contributed by atoms with Crippen LogP contribution in [-0.2, 0) is 6.42 Å². The fraction of sp³-hybridized carbons (Fsp3) is 0.571. The summed E-state index contributed by atoms with van der Waals surface area (Å²) in [6.07, 6.45) is 3.64. The lowest BCUT2D eigenvalue weighted by Crippen LogP contribution is -2.24. The molecule has 0 saturated carbocycles. The van der Waals surface area contributed by atoms with E-state index in [0.717, 1.165) is 23.2 Å². The van der Waals surface area contributed by atoms with Gasteiger partial charge in [0.1, 0.15) is 5.75 Å². The van der Waals surface area contributed by atoms with Crippen molar-refractivity contribution in [3.63, 3.8) is 0 Å². The Hall–Kier alpha value is -0.540. The molecule has 2 nitrogen and oxygen atoms in total. The van der Waals surface area contributed by atoms with E-state index in [0.29, 0.717) is 6.04 Å². The molecule has 0 bridgehead atoms. The molecule has 0 spiro atoms. The Bertz CT molecular complexity index is 411. The van der Waals surface area contributed by atoms with Crippen molar-refractivity contribution in [3.05, 3.63) is 27.2 Å². The lowest BCUT2D eigenvalue weighted by molar-refractivity contribution is 0.402. The summed E-state index contributed by atoms with van der Waals surface area (Å²) in [5, 5.41) is 3.55. The van der Waals surface area contributed by atoms with E-state index in [9.17, 15) is 0 Å². The summed E-state index contributed by atoms with van der Waals surface area (Å²) in [7, 11) is 1.76. The van der Waals surface area contributed by atoms with Gasteiger partial charge < -0.3 is 10.1 Å². The number of methoxy groups -OCH3 is 1. The quantitative estimate of drug-likeness (QED) is 0.924. The highest BCUT2D eigenvalue weighted by Crippen LogP contribution is 2.34. The van der Waals surface area contributed by atoms with E-state index in [2.05, 4.69) is 41.2 Å². The SMILES string of the molecule is COc1c(C)c(Br)cc(C)c1CC1CCCN1. The maximum atomic E-state index is 5.59. The fourth-order valence-corrected chi connectivity index (χ4v) is 3.13. The number of ether oxygens (including phenoxy) is 1. The average molecular weight is 298 g/mol. The van der Waals surface area contributed by atoms with Crippen LogP contribution in [0.4, 0.5) is 0 Å². The minimum absolute atomic E-state index is 0.614. The Kier molecular flexibility index (Phi) is 4.10. The molecule has 3 heteroatoms. The summed E-state index contributed by atoms with van der Waals surface area (Å²) in [5.41, 5.74) is 3.87. The molecule has 1 saturated heterocycles. The van der Waals surface area contributed by atoms with E-state index < -0.39 is 0 Å².